The monoisotopic (exact) mass is 328 g/mol. The molecule has 2 atom stereocenters. The number of nitrogens with zero attached hydrogens (tertiary/aromatic N) is 2. The Kier molecular flexibility index (Phi) is 5.22. The quantitative estimate of drug-likeness (QED) is 0.845. The Hall–Kier alpha value is -1.84. The molecule has 1 saturated carbocycles. The van der Waals surface area contributed by atoms with E-state index in [9.17, 15) is 9.59 Å². The van der Waals surface area contributed by atoms with Gasteiger partial charge in [-0.25, -0.2) is 0 Å². The minimum Gasteiger partial charge on any atom is -0.338 e. The fraction of sp³-hybridized carbons (Fsp3) is 0.600. The lowest BCUT2D eigenvalue weighted by Gasteiger charge is -2.36. The normalized spacial score (nSPS) is 24.8. The molecular formula is C20H28N2O2. The van der Waals surface area contributed by atoms with Gasteiger partial charge in [0.15, 0.2) is 0 Å². The van der Waals surface area contributed by atoms with Crippen molar-refractivity contribution >= 4 is 17.5 Å². The second-order valence-electron chi connectivity index (χ2n) is 7.29. The minimum atomic E-state index is 0.0882. The second-order valence-corrected chi connectivity index (χ2v) is 7.29. The predicted octanol–water partition coefficient (Wildman–Crippen LogP) is 3.85. The van der Waals surface area contributed by atoms with Crippen LogP contribution in [0.2, 0.25) is 0 Å². The Morgan fingerprint density at radius 2 is 1.79 bits per heavy atom. The van der Waals surface area contributed by atoms with Crippen LogP contribution in [0.1, 0.15) is 62.2 Å². The molecule has 1 aliphatic carbocycles. The zero-order valence-electron chi connectivity index (χ0n) is 14.8. The van der Waals surface area contributed by atoms with Crippen LogP contribution in [0.3, 0.4) is 0 Å². The standard InChI is InChI=1S/C20H28N2O2/c1-15-7-3-4-8-18(15)21(2)20(24)16-10-12-17(13-11-16)22-14-6-5-9-19(22)23/h10-13,15,18H,3-9,14H2,1-2H3. The summed E-state index contributed by atoms with van der Waals surface area (Å²) < 4.78 is 0. The zero-order valence-corrected chi connectivity index (χ0v) is 14.8. The van der Waals surface area contributed by atoms with Crippen molar-refractivity contribution in [2.45, 2.75) is 57.9 Å². The molecule has 24 heavy (non-hydrogen) atoms. The van der Waals surface area contributed by atoms with Crippen LogP contribution >= 0.6 is 0 Å². The van der Waals surface area contributed by atoms with Gasteiger partial charge in [0.05, 0.1) is 0 Å². The van der Waals surface area contributed by atoms with E-state index >= 15 is 0 Å². The van der Waals surface area contributed by atoms with Crippen LogP contribution in [-0.4, -0.2) is 36.3 Å². The molecule has 2 unspecified atom stereocenters. The maximum atomic E-state index is 12.8. The molecule has 3 rings (SSSR count). The van der Waals surface area contributed by atoms with Gasteiger partial charge in [-0.2, -0.15) is 0 Å². The molecule has 1 aliphatic heterocycles. The van der Waals surface area contributed by atoms with Crippen molar-refractivity contribution in [2.24, 2.45) is 5.92 Å². The van der Waals surface area contributed by atoms with Crippen LogP contribution in [0.15, 0.2) is 24.3 Å². The maximum absolute atomic E-state index is 12.8. The van der Waals surface area contributed by atoms with Crippen LogP contribution in [0, 0.1) is 5.92 Å². The first kappa shape index (κ1) is 17.0. The summed E-state index contributed by atoms with van der Waals surface area (Å²) in [5.74, 6) is 0.844. The van der Waals surface area contributed by atoms with Crippen molar-refractivity contribution in [3.8, 4) is 0 Å². The lowest BCUT2D eigenvalue weighted by molar-refractivity contribution is -0.119. The Morgan fingerprint density at radius 1 is 1.08 bits per heavy atom. The van der Waals surface area contributed by atoms with Crippen LogP contribution in [-0.2, 0) is 4.79 Å². The van der Waals surface area contributed by atoms with Gasteiger partial charge in [0.2, 0.25) is 5.91 Å². The minimum absolute atomic E-state index is 0.0882. The van der Waals surface area contributed by atoms with Crippen LogP contribution in [0.4, 0.5) is 5.69 Å². The van der Waals surface area contributed by atoms with Crippen molar-refractivity contribution in [1.29, 1.82) is 0 Å². The third-order valence-corrected chi connectivity index (χ3v) is 5.63. The average Bonchev–Trinajstić information content (AvgIpc) is 2.61. The second kappa shape index (κ2) is 7.37. The summed E-state index contributed by atoms with van der Waals surface area (Å²) in [4.78, 5) is 28.6. The molecule has 4 heteroatoms. The van der Waals surface area contributed by atoms with Crippen molar-refractivity contribution in [2.75, 3.05) is 18.5 Å². The van der Waals surface area contributed by atoms with E-state index in [-0.39, 0.29) is 11.8 Å². The molecule has 4 nitrogen and oxygen atoms in total. The maximum Gasteiger partial charge on any atom is 0.253 e. The Bertz CT molecular complexity index is 596. The molecule has 1 saturated heterocycles. The molecule has 0 radical (unpaired) electrons. The van der Waals surface area contributed by atoms with Gasteiger partial charge in [0.25, 0.3) is 5.91 Å². The van der Waals surface area contributed by atoms with E-state index in [0.29, 0.717) is 23.9 Å². The van der Waals surface area contributed by atoms with Gasteiger partial charge in [-0.05, 0) is 55.9 Å². The first-order valence-corrected chi connectivity index (χ1v) is 9.25. The van der Waals surface area contributed by atoms with E-state index in [2.05, 4.69) is 6.92 Å². The molecule has 0 N–H and O–H groups in total. The van der Waals surface area contributed by atoms with Gasteiger partial charge in [0.1, 0.15) is 0 Å². The molecule has 1 aromatic carbocycles. The highest BCUT2D eigenvalue weighted by atomic mass is 16.2. The highest BCUT2D eigenvalue weighted by Crippen LogP contribution is 2.28. The summed E-state index contributed by atoms with van der Waals surface area (Å²) in [6, 6.07) is 7.89. The number of hydrogen-bond acceptors (Lipinski definition) is 2. The summed E-state index contributed by atoms with van der Waals surface area (Å²) in [6.45, 7) is 3.03. The first-order chi connectivity index (χ1) is 11.6. The van der Waals surface area contributed by atoms with Gasteiger partial charge in [-0.3, -0.25) is 9.59 Å². The smallest absolute Gasteiger partial charge is 0.253 e. The number of rotatable bonds is 3. The van der Waals surface area contributed by atoms with E-state index in [1.54, 1.807) is 0 Å². The van der Waals surface area contributed by atoms with Gasteiger partial charge >= 0.3 is 0 Å². The van der Waals surface area contributed by atoms with Crippen LogP contribution < -0.4 is 4.90 Å². The molecule has 0 bridgehead atoms. The van der Waals surface area contributed by atoms with Gasteiger partial charge in [0, 0.05) is 37.3 Å². The number of carbonyl (C=O) groups is 2. The predicted molar refractivity (Wildman–Crippen MR) is 96.2 cm³/mol. The number of piperidine rings is 1. The summed E-state index contributed by atoms with van der Waals surface area (Å²) >= 11 is 0. The third kappa shape index (κ3) is 3.47. The summed E-state index contributed by atoms with van der Waals surface area (Å²) in [5, 5.41) is 0. The van der Waals surface area contributed by atoms with E-state index in [4.69, 9.17) is 0 Å². The Morgan fingerprint density at radius 3 is 2.46 bits per heavy atom. The van der Waals surface area contributed by atoms with E-state index < -0.39 is 0 Å². The van der Waals surface area contributed by atoms with Crippen molar-refractivity contribution in [3.63, 3.8) is 0 Å². The number of amides is 2. The molecule has 1 aromatic rings. The highest BCUT2D eigenvalue weighted by molar-refractivity contribution is 5.97. The number of benzene rings is 1. The van der Waals surface area contributed by atoms with Crippen LogP contribution in [0.25, 0.3) is 0 Å². The number of hydrogen-bond donors (Lipinski definition) is 0. The number of anilines is 1. The molecule has 130 valence electrons. The molecule has 0 spiro atoms. The van der Waals surface area contributed by atoms with Crippen molar-refractivity contribution in [3.05, 3.63) is 29.8 Å². The van der Waals surface area contributed by atoms with Crippen molar-refractivity contribution < 1.29 is 9.59 Å². The lowest BCUT2D eigenvalue weighted by Crippen LogP contribution is -2.42. The summed E-state index contributed by atoms with van der Waals surface area (Å²) in [7, 11) is 1.93. The van der Waals surface area contributed by atoms with E-state index in [0.717, 1.165) is 31.5 Å². The molecule has 1 heterocycles. The zero-order chi connectivity index (χ0) is 17.1. The molecule has 2 amide bonds. The summed E-state index contributed by atoms with van der Waals surface area (Å²) in [5.41, 5.74) is 1.62. The SMILES string of the molecule is CC1CCCCC1N(C)C(=O)c1ccc(N2CCCCC2=O)cc1. The highest BCUT2D eigenvalue weighted by Gasteiger charge is 2.28. The molecule has 2 fully saturated rings. The fourth-order valence-electron chi connectivity index (χ4n) is 4.09. The Balaban J connectivity index is 1.70. The lowest BCUT2D eigenvalue weighted by atomic mass is 9.85. The largest absolute Gasteiger partial charge is 0.338 e. The van der Waals surface area contributed by atoms with Gasteiger partial charge < -0.3 is 9.80 Å². The molecule has 2 aliphatic rings. The van der Waals surface area contributed by atoms with Crippen LogP contribution in [0.5, 0.6) is 0 Å². The number of carbonyl (C=O) groups excluding carboxylic acids is 2. The van der Waals surface area contributed by atoms with Crippen molar-refractivity contribution in [1.82, 2.24) is 4.90 Å². The van der Waals surface area contributed by atoms with Gasteiger partial charge in [-0.15, -0.1) is 0 Å². The summed E-state index contributed by atoms with van der Waals surface area (Å²) in [6.07, 6.45) is 7.46. The third-order valence-electron chi connectivity index (χ3n) is 5.63. The van der Waals surface area contributed by atoms with Gasteiger partial charge in [-0.1, -0.05) is 19.8 Å². The first-order valence-electron chi connectivity index (χ1n) is 9.25. The Labute approximate surface area is 144 Å². The fourth-order valence-corrected chi connectivity index (χ4v) is 4.09. The molecule has 0 aromatic heterocycles. The van der Waals surface area contributed by atoms with E-state index in [1.807, 2.05) is 41.1 Å². The topological polar surface area (TPSA) is 40.6 Å². The molecular weight excluding hydrogens is 300 g/mol. The van der Waals surface area contributed by atoms with E-state index in [1.165, 1.54) is 19.3 Å². The average molecular weight is 328 g/mol.